The zero-order valence-electron chi connectivity index (χ0n) is 7.72. The van der Waals surface area contributed by atoms with Crippen LogP contribution in [-0.4, -0.2) is 6.04 Å². The highest BCUT2D eigenvalue weighted by Gasteiger charge is 2.46. The maximum Gasteiger partial charge on any atom is 0.0243 e. The molecule has 0 aromatic rings. The first-order chi connectivity index (χ1) is 5.81. The average Bonchev–Trinajstić information content (AvgIpc) is 2.69. The lowest BCUT2D eigenvalue weighted by Gasteiger charge is -2.17. The van der Waals surface area contributed by atoms with Gasteiger partial charge in [0.2, 0.25) is 0 Å². The first kappa shape index (κ1) is 8.13. The predicted molar refractivity (Wildman–Crippen MR) is 50.4 cm³/mol. The summed E-state index contributed by atoms with van der Waals surface area (Å²) in [5.74, 6) is 8.88. The lowest BCUT2D eigenvalue weighted by Crippen LogP contribution is -2.28. The molecule has 2 aliphatic rings. The van der Waals surface area contributed by atoms with Crippen molar-refractivity contribution in [1.29, 1.82) is 0 Å². The highest BCUT2D eigenvalue weighted by molar-refractivity contribution is 5.03. The van der Waals surface area contributed by atoms with Crippen molar-refractivity contribution in [2.24, 2.45) is 23.5 Å². The first-order valence-electron chi connectivity index (χ1n) is 4.96. The minimum Gasteiger partial charge on any atom is -0.327 e. The Bertz CT molecular complexity index is 213. The lowest BCUT2D eigenvalue weighted by atomic mass is 9.93. The minimum atomic E-state index is 0.352. The van der Waals surface area contributed by atoms with E-state index in [0.717, 1.165) is 24.2 Å². The number of hydrogen-bond acceptors (Lipinski definition) is 1. The van der Waals surface area contributed by atoms with E-state index in [4.69, 9.17) is 5.73 Å². The SMILES string of the molecule is CC#CCC(N)C1CC2CC2C1. The van der Waals surface area contributed by atoms with Gasteiger partial charge in [-0.25, -0.2) is 0 Å². The second kappa shape index (κ2) is 3.11. The van der Waals surface area contributed by atoms with Gasteiger partial charge in [0.15, 0.2) is 0 Å². The van der Waals surface area contributed by atoms with Crippen LogP contribution < -0.4 is 5.73 Å². The van der Waals surface area contributed by atoms with E-state index < -0.39 is 0 Å². The van der Waals surface area contributed by atoms with Gasteiger partial charge in [0.1, 0.15) is 0 Å². The van der Waals surface area contributed by atoms with Gasteiger partial charge in [-0.05, 0) is 43.9 Å². The van der Waals surface area contributed by atoms with Crippen molar-refractivity contribution in [3.63, 3.8) is 0 Å². The van der Waals surface area contributed by atoms with Crippen molar-refractivity contribution >= 4 is 0 Å². The van der Waals surface area contributed by atoms with E-state index in [2.05, 4.69) is 11.8 Å². The molecule has 1 heteroatoms. The molecule has 0 heterocycles. The molecule has 2 saturated carbocycles. The molecule has 2 aliphatic carbocycles. The van der Waals surface area contributed by atoms with E-state index in [0.29, 0.717) is 6.04 Å². The molecule has 2 rings (SSSR count). The van der Waals surface area contributed by atoms with Gasteiger partial charge in [-0.15, -0.1) is 11.8 Å². The third-order valence-electron chi connectivity index (χ3n) is 3.40. The molecule has 0 amide bonds. The van der Waals surface area contributed by atoms with E-state index in [1.165, 1.54) is 19.3 Å². The fourth-order valence-electron chi connectivity index (χ4n) is 2.50. The molecule has 2 N–H and O–H groups in total. The van der Waals surface area contributed by atoms with Crippen LogP contribution >= 0.6 is 0 Å². The molecule has 0 aromatic carbocycles. The Morgan fingerprint density at radius 1 is 1.33 bits per heavy atom. The number of hydrogen-bond donors (Lipinski definition) is 1. The van der Waals surface area contributed by atoms with Gasteiger partial charge in [0.25, 0.3) is 0 Å². The van der Waals surface area contributed by atoms with Gasteiger partial charge < -0.3 is 5.73 Å². The van der Waals surface area contributed by atoms with Gasteiger partial charge in [-0.2, -0.15) is 0 Å². The third kappa shape index (κ3) is 1.49. The number of nitrogens with two attached hydrogens (primary N) is 1. The molecule has 1 nitrogen and oxygen atoms in total. The van der Waals surface area contributed by atoms with Crippen LogP contribution in [0.25, 0.3) is 0 Å². The molecule has 0 spiro atoms. The summed E-state index contributed by atoms with van der Waals surface area (Å²) in [4.78, 5) is 0. The monoisotopic (exact) mass is 163 g/mol. The topological polar surface area (TPSA) is 26.0 Å². The molecule has 12 heavy (non-hydrogen) atoms. The van der Waals surface area contributed by atoms with Gasteiger partial charge in [0, 0.05) is 12.5 Å². The smallest absolute Gasteiger partial charge is 0.0243 e. The minimum absolute atomic E-state index is 0.352. The van der Waals surface area contributed by atoms with Crippen LogP contribution in [0.4, 0.5) is 0 Å². The van der Waals surface area contributed by atoms with Crippen molar-refractivity contribution in [2.75, 3.05) is 0 Å². The van der Waals surface area contributed by atoms with E-state index in [1.807, 2.05) is 6.92 Å². The number of fused-ring (bicyclic) bond motifs is 1. The summed E-state index contributed by atoms with van der Waals surface area (Å²) >= 11 is 0. The zero-order chi connectivity index (χ0) is 8.55. The van der Waals surface area contributed by atoms with E-state index in [9.17, 15) is 0 Å². The Balaban J connectivity index is 1.79. The molecule has 0 radical (unpaired) electrons. The Labute approximate surface area is 74.7 Å². The van der Waals surface area contributed by atoms with Crippen LogP contribution in [0.5, 0.6) is 0 Å². The molecule has 0 aromatic heterocycles. The summed E-state index contributed by atoms with van der Waals surface area (Å²) in [6, 6.07) is 0.352. The van der Waals surface area contributed by atoms with Crippen LogP contribution in [-0.2, 0) is 0 Å². The molecule has 2 fully saturated rings. The first-order valence-corrected chi connectivity index (χ1v) is 4.96. The van der Waals surface area contributed by atoms with E-state index in [1.54, 1.807) is 0 Å². The highest BCUT2D eigenvalue weighted by atomic mass is 14.7. The average molecular weight is 163 g/mol. The molecular formula is C11H17N. The summed E-state index contributed by atoms with van der Waals surface area (Å²) in [6.07, 6.45) is 5.16. The van der Waals surface area contributed by atoms with Crippen molar-refractivity contribution in [2.45, 2.75) is 38.6 Å². The Morgan fingerprint density at radius 2 is 2.00 bits per heavy atom. The van der Waals surface area contributed by atoms with Gasteiger partial charge in [-0.3, -0.25) is 0 Å². The van der Waals surface area contributed by atoms with Crippen molar-refractivity contribution in [3.8, 4) is 11.8 Å². The maximum absolute atomic E-state index is 6.05. The fraction of sp³-hybridized carbons (Fsp3) is 0.818. The summed E-state index contributed by atoms with van der Waals surface area (Å²) in [6.45, 7) is 1.89. The molecule has 0 bridgehead atoms. The maximum atomic E-state index is 6.05. The van der Waals surface area contributed by atoms with Crippen LogP contribution in [0.1, 0.15) is 32.6 Å². The lowest BCUT2D eigenvalue weighted by molar-refractivity contribution is 0.399. The Kier molecular flexibility index (Phi) is 2.11. The predicted octanol–water partition coefficient (Wildman–Crippen LogP) is 1.77. The molecule has 0 saturated heterocycles. The largest absolute Gasteiger partial charge is 0.327 e. The zero-order valence-corrected chi connectivity index (χ0v) is 7.72. The van der Waals surface area contributed by atoms with Crippen molar-refractivity contribution in [3.05, 3.63) is 0 Å². The fourth-order valence-corrected chi connectivity index (χ4v) is 2.50. The highest BCUT2D eigenvalue weighted by Crippen LogP contribution is 2.55. The van der Waals surface area contributed by atoms with Crippen LogP contribution in [0.15, 0.2) is 0 Å². The normalized spacial score (nSPS) is 39.7. The Hall–Kier alpha value is -0.480. The van der Waals surface area contributed by atoms with Gasteiger partial charge >= 0.3 is 0 Å². The number of rotatable bonds is 2. The molecule has 0 aliphatic heterocycles. The Morgan fingerprint density at radius 3 is 2.58 bits per heavy atom. The molecule has 3 atom stereocenters. The van der Waals surface area contributed by atoms with Crippen LogP contribution in [0.2, 0.25) is 0 Å². The standard InChI is InChI=1S/C11H17N/c1-2-3-4-11(12)10-6-8-5-9(8)7-10/h8-11H,4-7,12H2,1H3. The van der Waals surface area contributed by atoms with Gasteiger partial charge in [0.05, 0.1) is 0 Å². The van der Waals surface area contributed by atoms with E-state index in [-0.39, 0.29) is 0 Å². The van der Waals surface area contributed by atoms with Crippen LogP contribution in [0, 0.1) is 29.6 Å². The van der Waals surface area contributed by atoms with Crippen molar-refractivity contribution in [1.82, 2.24) is 0 Å². The molecule has 66 valence electrons. The summed E-state index contributed by atoms with van der Waals surface area (Å²) in [7, 11) is 0. The van der Waals surface area contributed by atoms with Crippen molar-refractivity contribution < 1.29 is 0 Å². The molecular weight excluding hydrogens is 146 g/mol. The molecule has 3 unspecified atom stereocenters. The second-order valence-corrected chi connectivity index (χ2v) is 4.28. The van der Waals surface area contributed by atoms with Crippen LogP contribution in [0.3, 0.4) is 0 Å². The third-order valence-corrected chi connectivity index (χ3v) is 3.40. The summed E-state index contributed by atoms with van der Waals surface area (Å²) in [5.41, 5.74) is 6.05. The second-order valence-electron chi connectivity index (χ2n) is 4.28. The van der Waals surface area contributed by atoms with Gasteiger partial charge in [-0.1, -0.05) is 0 Å². The summed E-state index contributed by atoms with van der Waals surface area (Å²) in [5, 5.41) is 0. The van der Waals surface area contributed by atoms with E-state index >= 15 is 0 Å². The quantitative estimate of drug-likeness (QED) is 0.617. The summed E-state index contributed by atoms with van der Waals surface area (Å²) < 4.78 is 0.